The van der Waals surface area contributed by atoms with Crippen LogP contribution < -0.4 is 22.5 Å². The fourth-order valence-corrected chi connectivity index (χ4v) is 1.75. The number of hydrogen-bond donors (Lipinski definition) is 2. The van der Waals surface area contributed by atoms with Crippen molar-refractivity contribution in [3.63, 3.8) is 0 Å². The Morgan fingerprint density at radius 3 is 2.47 bits per heavy atom. The summed E-state index contributed by atoms with van der Waals surface area (Å²) in [6.07, 6.45) is -0.309. The highest BCUT2D eigenvalue weighted by molar-refractivity contribution is 5.35. The van der Waals surface area contributed by atoms with Crippen LogP contribution in [0.25, 0.3) is 0 Å². The van der Waals surface area contributed by atoms with Crippen molar-refractivity contribution in [2.45, 2.75) is 39.7 Å². The lowest BCUT2D eigenvalue weighted by Gasteiger charge is -2.12. The Kier molecular flexibility index (Phi) is 8.81. The van der Waals surface area contributed by atoms with Crippen molar-refractivity contribution < 1.29 is 22.3 Å². The quantitative estimate of drug-likeness (QED) is 0.663. The Morgan fingerprint density at radius 1 is 1.21 bits per heavy atom. The molecule has 0 heterocycles. The van der Waals surface area contributed by atoms with Crippen molar-refractivity contribution in [1.82, 2.24) is 5.32 Å². The zero-order chi connectivity index (χ0) is 13.5. The number of aliphatic hydroxyl groups is 1. The van der Waals surface area contributed by atoms with Crippen molar-refractivity contribution in [3.05, 3.63) is 29.3 Å². The average Bonchev–Trinajstić information content (AvgIpc) is 2.27. The van der Waals surface area contributed by atoms with Gasteiger partial charge in [-0.25, -0.2) is 0 Å². The van der Waals surface area contributed by atoms with Crippen LogP contribution in [0.3, 0.4) is 0 Å². The molecular formula is C15H25ClNO2-. The molecule has 0 aromatic heterocycles. The second kappa shape index (κ2) is 9.18. The highest BCUT2D eigenvalue weighted by atomic mass is 35.5. The van der Waals surface area contributed by atoms with Gasteiger partial charge in [0.15, 0.2) is 0 Å². The summed E-state index contributed by atoms with van der Waals surface area (Å²) in [5.74, 6) is 1.44. The van der Waals surface area contributed by atoms with E-state index in [2.05, 4.69) is 44.3 Å². The van der Waals surface area contributed by atoms with E-state index in [1.165, 1.54) is 11.1 Å². The topological polar surface area (TPSA) is 41.5 Å². The van der Waals surface area contributed by atoms with Crippen molar-refractivity contribution in [3.8, 4) is 5.75 Å². The fraction of sp³-hybridized carbons (Fsp3) is 0.600. The Morgan fingerprint density at radius 2 is 1.89 bits per heavy atom. The number of aliphatic hydroxyl groups excluding tert-OH is 1. The lowest BCUT2D eigenvalue weighted by Crippen LogP contribution is -3.00. The van der Waals surface area contributed by atoms with E-state index in [0.29, 0.717) is 19.1 Å². The van der Waals surface area contributed by atoms with Crippen LogP contribution in [0.15, 0.2) is 18.2 Å². The van der Waals surface area contributed by atoms with Crippen LogP contribution >= 0.6 is 0 Å². The molecule has 1 unspecified atom stereocenters. The Bertz CT molecular complexity index is 367. The van der Waals surface area contributed by atoms with Crippen LogP contribution in [0.5, 0.6) is 5.75 Å². The van der Waals surface area contributed by atoms with E-state index in [1.54, 1.807) is 6.92 Å². The third-order valence-corrected chi connectivity index (χ3v) is 2.73. The Balaban J connectivity index is 0.00000324. The normalized spacial score (nSPS) is 12.1. The van der Waals surface area contributed by atoms with E-state index in [9.17, 15) is 0 Å². The maximum Gasteiger partial charge on any atom is 0.119 e. The van der Waals surface area contributed by atoms with Gasteiger partial charge in [0.05, 0.1) is 6.10 Å². The van der Waals surface area contributed by atoms with Gasteiger partial charge in [-0.3, -0.25) is 0 Å². The summed E-state index contributed by atoms with van der Waals surface area (Å²) in [6, 6.07) is 6.36. The second-order valence-electron chi connectivity index (χ2n) is 5.14. The molecule has 3 nitrogen and oxygen atoms in total. The first-order valence-corrected chi connectivity index (χ1v) is 6.62. The standard InChI is InChI=1S/C15H25NO2.ClH/c1-11(2)14-7-12(3)8-15(9-14)18-6-5-16-10-13(4)17;/h7-9,11,13,16-17H,5-6,10H2,1-4H3;1H/p-1. The molecule has 2 N–H and O–H groups in total. The van der Waals surface area contributed by atoms with Gasteiger partial charge in [0.25, 0.3) is 0 Å². The zero-order valence-electron chi connectivity index (χ0n) is 12.2. The number of ether oxygens (including phenoxy) is 1. The van der Waals surface area contributed by atoms with Gasteiger partial charge in [-0.2, -0.15) is 0 Å². The van der Waals surface area contributed by atoms with Crippen LogP contribution in [0.4, 0.5) is 0 Å². The summed E-state index contributed by atoms with van der Waals surface area (Å²) in [7, 11) is 0. The van der Waals surface area contributed by atoms with Crippen molar-refractivity contribution in [2.24, 2.45) is 0 Å². The molecule has 1 rings (SSSR count). The van der Waals surface area contributed by atoms with Gasteiger partial charge in [0.2, 0.25) is 0 Å². The molecule has 1 atom stereocenters. The van der Waals surface area contributed by atoms with E-state index < -0.39 is 0 Å². The van der Waals surface area contributed by atoms with Crippen LogP contribution in [0.1, 0.15) is 37.8 Å². The number of rotatable bonds is 7. The first kappa shape index (κ1) is 18.2. The van der Waals surface area contributed by atoms with E-state index in [4.69, 9.17) is 9.84 Å². The number of nitrogens with one attached hydrogen (secondary N) is 1. The van der Waals surface area contributed by atoms with Crippen molar-refractivity contribution in [2.75, 3.05) is 19.7 Å². The molecule has 0 aliphatic heterocycles. The van der Waals surface area contributed by atoms with Gasteiger partial charge in [0.1, 0.15) is 12.4 Å². The molecule has 0 fully saturated rings. The number of hydrogen-bond acceptors (Lipinski definition) is 3. The minimum absolute atomic E-state index is 0. The number of halogens is 1. The lowest BCUT2D eigenvalue weighted by atomic mass is 10.0. The molecule has 0 aliphatic rings. The van der Waals surface area contributed by atoms with Gasteiger partial charge >= 0.3 is 0 Å². The van der Waals surface area contributed by atoms with Gasteiger partial charge in [0, 0.05) is 13.1 Å². The van der Waals surface area contributed by atoms with Crippen molar-refractivity contribution in [1.29, 1.82) is 0 Å². The molecule has 19 heavy (non-hydrogen) atoms. The molecule has 1 aromatic carbocycles. The monoisotopic (exact) mass is 286 g/mol. The first-order valence-electron chi connectivity index (χ1n) is 6.62. The zero-order valence-corrected chi connectivity index (χ0v) is 13.0. The summed E-state index contributed by atoms with van der Waals surface area (Å²) in [6.45, 7) is 10.2. The molecule has 0 saturated heterocycles. The minimum Gasteiger partial charge on any atom is -1.00 e. The molecule has 110 valence electrons. The first-order chi connectivity index (χ1) is 8.49. The summed E-state index contributed by atoms with van der Waals surface area (Å²) >= 11 is 0. The predicted octanol–water partition coefficient (Wildman–Crippen LogP) is -0.528. The Labute approximate surface area is 122 Å². The molecule has 4 heteroatoms. The number of aryl methyl sites for hydroxylation is 1. The second-order valence-corrected chi connectivity index (χ2v) is 5.14. The third kappa shape index (κ3) is 7.41. The average molecular weight is 287 g/mol. The largest absolute Gasteiger partial charge is 1.00 e. The molecule has 0 radical (unpaired) electrons. The van der Waals surface area contributed by atoms with E-state index in [0.717, 1.165) is 12.3 Å². The number of benzene rings is 1. The van der Waals surface area contributed by atoms with Gasteiger partial charge < -0.3 is 27.6 Å². The summed E-state index contributed by atoms with van der Waals surface area (Å²) in [4.78, 5) is 0. The van der Waals surface area contributed by atoms with Crippen LogP contribution in [0, 0.1) is 6.92 Å². The van der Waals surface area contributed by atoms with E-state index in [1.807, 2.05) is 0 Å². The highest BCUT2D eigenvalue weighted by Gasteiger charge is 2.03. The molecule has 0 spiro atoms. The molecule has 0 aliphatic carbocycles. The van der Waals surface area contributed by atoms with Crippen molar-refractivity contribution >= 4 is 0 Å². The van der Waals surface area contributed by atoms with Gasteiger partial charge in [-0.05, 0) is 43.0 Å². The Hall–Kier alpha value is -0.770. The lowest BCUT2D eigenvalue weighted by molar-refractivity contribution is -0.00000677. The fourth-order valence-electron chi connectivity index (χ4n) is 1.75. The highest BCUT2D eigenvalue weighted by Crippen LogP contribution is 2.22. The van der Waals surface area contributed by atoms with E-state index >= 15 is 0 Å². The van der Waals surface area contributed by atoms with Gasteiger partial charge in [-0.15, -0.1) is 0 Å². The summed E-state index contributed by atoms with van der Waals surface area (Å²) in [5, 5.41) is 12.2. The van der Waals surface area contributed by atoms with Crippen LogP contribution in [-0.2, 0) is 0 Å². The predicted molar refractivity (Wildman–Crippen MR) is 75.3 cm³/mol. The van der Waals surface area contributed by atoms with Crippen LogP contribution in [0.2, 0.25) is 0 Å². The van der Waals surface area contributed by atoms with E-state index in [-0.39, 0.29) is 18.5 Å². The third-order valence-electron chi connectivity index (χ3n) is 2.73. The molecule has 0 amide bonds. The minimum atomic E-state index is -0.309. The summed E-state index contributed by atoms with van der Waals surface area (Å²) in [5.41, 5.74) is 2.54. The maximum atomic E-state index is 9.10. The summed E-state index contributed by atoms with van der Waals surface area (Å²) < 4.78 is 5.72. The smallest absolute Gasteiger partial charge is 0.119 e. The van der Waals surface area contributed by atoms with Crippen LogP contribution in [-0.4, -0.2) is 30.9 Å². The maximum absolute atomic E-state index is 9.10. The molecule has 0 bridgehead atoms. The SMILES string of the molecule is Cc1cc(OCCNCC(C)O)cc(C(C)C)c1.[Cl-]. The molecule has 0 saturated carbocycles. The van der Waals surface area contributed by atoms with Gasteiger partial charge in [-0.1, -0.05) is 19.9 Å². The molecular weight excluding hydrogens is 262 g/mol. The molecule has 1 aromatic rings.